The first-order valence-corrected chi connectivity index (χ1v) is 7.25. The third kappa shape index (κ3) is 14.4. The molecular weight excluding hydrogens is 274 g/mol. The second-order valence-electron chi connectivity index (χ2n) is 5.94. The van der Waals surface area contributed by atoms with E-state index in [1.165, 1.54) is 0 Å². The van der Waals surface area contributed by atoms with E-state index in [2.05, 4.69) is 16.0 Å². The Kier molecular flexibility index (Phi) is 9.16. The Morgan fingerprint density at radius 3 is 2.10 bits per heavy atom. The Hall–Kier alpha value is -1.79. The third-order valence-corrected chi connectivity index (χ3v) is 2.51. The van der Waals surface area contributed by atoms with E-state index in [-0.39, 0.29) is 36.9 Å². The van der Waals surface area contributed by atoms with Crippen LogP contribution in [0.1, 0.15) is 52.9 Å². The third-order valence-electron chi connectivity index (χ3n) is 2.51. The maximum atomic E-state index is 11.5. The molecule has 0 aliphatic carbocycles. The van der Waals surface area contributed by atoms with Gasteiger partial charge in [-0.3, -0.25) is 9.59 Å². The fourth-order valence-electron chi connectivity index (χ4n) is 1.61. The van der Waals surface area contributed by atoms with Gasteiger partial charge in [-0.05, 0) is 33.6 Å². The predicted octanol–water partition coefficient (Wildman–Crippen LogP) is 1.24. The van der Waals surface area contributed by atoms with Gasteiger partial charge in [-0.1, -0.05) is 6.42 Å². The molecule has 0 atom stereocenters. The fourth-order valence-corrected chi connectivity index (χ4v) is 1.61. The van der Waals surface area contributed by atoms with Crippen LogP contribution in [-0.4, -0.2) is 41.6 Å². The normalized spacial score (nSPS) is 10.8. The van der Waals surface area contributed by atoms with Crippen molar-refractivity contribution in [2.24, 2.45) is 0 Å². The number of hydrogen-bond donors (Lipinski definition) is 4. The minimum atomic E-state index is -0.797. The van der Waals surface area contributed by atoms with Gasteiger partial charge >= 0.3 is 12.0 Å². The average molecular weight is 301 g/mol. The van der Waals surface area contributed by atoms with E-state index in [1.54, 1.807) is 0 Å². The summed E-state index contributed by atoms with van der Waals surface area (Å²) in [6.07, 6.45) is 2.52. The number of carboxylic acids is 1. The topological polar surface area (TPSA) is 108 Å². The lowest BCUT2D eigenvalue weighted by molar-refractivity contribution is -0.137. The number of carbonyl (C=O) groups excluding carboxylic acids is 2. The lowest BCUT2D eigenvalue weighted by atomic mass is 10.1. The number of rotatable bonds is 9. The van der Waals surface area contributed by atoms with Crippen molar-refractivity contribution in [3.05, 3.63) is 0 Å². The smallest absolute Gasteiger partial charge is 0.314 e. The summed E-state index contributed by atoms with van der Waals surface area (Å²) in [5.74, 6) is -0.897. The molecule has 21 heavy (non-hydrogen) atoms. The van der Waals surface area contributed by atoms with E-state index in [9.17, 15) is 14.4 Å². The number of carbonyl (C=O) groups is 3. The first-order valence-electron chi connectivity index (χ1n) is 7.25. The van der Waals surface area contributed by atoms with Crippen molar-refractivity contribution in [2.45, 2.75) is 58.4 Å². The minimum absolute atomic E-state index is 0.100. The van der Waals surface area contributed by atoms with Crippen LogP contribution in [0.4, 0.5) is 4.79 Å². The molecule has 0 aromatic carbocycles. The van der Waals surface area contributed by atoms with Crippen molar-refractivity contribution in [3.63, 3.8) is 0 Å². The second-order valence-corrected chi connectivity index (χ2v) is 5.94. The van der Waals surface area contributed by atoms with Gasteiger partial charge in [0.15, 0.2) is 0 Å². The summed E-state index contributed by atoms with van der Waals surface area (Å²) in [6, 6.07) is -0.309. The molecule has 7 nitrogen and oxygen atoms in total. The van der Waals surface area contributed by atoms with Gasteiger partial charge in [0.1, 0.15) is 0 Å². The maximum Gasteiger partial charge on any atom is 0.314 e. The van der Waals surface area contributed by atoms with E-state index < -0.39 is 5.97 Å². The number of nitrogens with one attached hydrogen (secondary N) is 3. The Labute approximate surface area is 125 Å². The summed E-state index contributed by atoms with van der Waals surface area (Å²) in [5.41, 5.74) is -0.269. The Balaban J connectivity index is 3.50. The van der Waals surface area contributed by atoms with E-state index in [0.717, 1.165) is 12.8 Å². The van der Waals surface area contributed by atoms with E-state index >= 15 is 0 Å². The van der Waals surface area contributed by atoms with Gasteiger partial charge < -0.3 is 21.1 Å². The summed E-state index contributed by atoms with van der Waals surface area (Å²) in [6.45, 7) is 6.48. The number of aliphatic carboxylic acids is 1. The van der Waals surface area contributed by atoms with Crippen molar-refractivity contribution >= 4 is 17.9 Å². The second kappa shape index (κ2) is 10.0. The molecule has 0 bridgehead atoms. The zero-order valence-electron chi connectivity index (χ0n) is 13.1. The first kappa shape index (κ1) is 19.2. The Morgan fingerprint density at radius 1 is 0.905 bits per heavy atom. The van der Waals surface area contributed by atoms with Crippen LogP contribution in [-0.2, 0) is 9.59 Å². The molecule has 0 saturated carbocycles. The largest absolute Gasteiger partial charge is 0.481 e. The number of carboxylic acid groups (broad SMARTS) is 1. The number of unbranched alkanes of at least 4 members (excludes halogenated alkanes) is 2. The van der Waals surface area contributed by atoms with E-state index in [4.69, 9.17) is 5.11 Å². The highest BCUT2D eigenvalue weighted by atomic mass is 16.4. The van der Waals surface area contributed by atoms with Crippen molar-refractivity contribution in [3.8, 4) is 0 Å². The summed E-state index contributed by atoms with van der Waals surface area (Å²) in [5, 5.41) is 16.5. The molecule has 0 aliphatic heterocycles. The summed E-state index contributed by atoms with van der Waals surface area (Å²) >= 11 is 0. The molecule has 3 amide bonds. The van der Waals surface area contributed by atoms with Crippen LogP contribution in [0.5, 0.6) is 0 Å². The lowest BCUT2D eigenvalue weighted by Crippen LogP contribution is -2.43. The van der Waals surface area contributed by atoms with E-state index in [0.29, 0.717) is 13.0 Å². The van der Waals surface area contributed by atoms with Crippen molar-refractivity contribution in [1.29, 1.82) is 0 Å². The van der Waals surface area contributed by atoms with Gasteiger partial charge in [-0.25, -0.2) is 4.79 Å². The summed E-state index contributed by atoms with van der Waals surface area (Å²) in [4.78, 5) is 33.2. The highest BCUT2D eigenvalue weighted by Gasteiger charge is 2.13. The highest BCUT2D eigenvalue weighted by Crippen LogP contribution is 1.99. The standard InChI is InChI=1S/C14H27N3O4/c1-14(2,3)17-11(18)8-10-16-13(21)15-9-6-4-5-7-12(19)20/h4-10H2,1-3H3,(H,17,18)(H,19,20)(H2,15,16,21). The molecule has 0 aliphatic rings. The molecule has 0 saturated heterocycles. The lowest BCUT2D eigenvalue weighted by Gasteiger charge is -2.20. The molecule has 4 N–H and O–H groups in total. The quantitative estimate of drug-likeness (QED) is 0.480. The summed E-state index contributed by atoms with van der Waals surface area (Å²) in [7, 11) is 0. The molecule has 0 aromatic heterocycles. The maximum absolute atomic E-state index is 11.5. The van der Waals surface area contributed by atoms with Crippen molar-refractivity contribution in [1.82, 2.24) is 16.0 Å². The van der Waals surface area contributed by atoms with Gasteiger partial charge in [0.05, 0.1) is 0 Å². The monoisotopic (exact) mass is 301 g/mol. The van der Waals surface area contributed by atoms with Gasteiger partial charge in [0, 0.05) is 31.5 Å². The van der Waals surface area contributed by atoms with Crippen LogP contribution in [0.25, 0.3) is 0 Å². The average Bonchev–Trinajstić information content (AvgIpc) is 2.30. The van der Waals surface area contributed by atoms with Crippen molar-refractivity contribution < 1.29 is 19.5 Å². The van der Waals surface area contributed by atoms with Gasteiger partial charge in [0.2, 0.25) is 5.91 Å². The Morgan fingerprint density at radius 2 is 1.52 bits per heavy atom. The van der Waals surface area contributed by atoms with E-state index in [1.807, 2.05) is 20.8 Å². The molecular formula is C14H27N3O4. The fraction of sp³-hybridized carbons (Fsp3) is 0.786. The van der Waals surface area contributed by atoms with Crippen LogP contribution in [0.15, 0.2) is 0 Å². The molecule has 0 heterocycles. The predicted molar refractivity (Wildman–Crippen MR) is 80.0 cm³/mol. The molecule has 7 heteroatoms. The van der Waals surface area contributed by atoms with Gasteiger partial charge in [-0.15, -0.1) is 0 Å². The van der Waals surface area contributed by atoms with Crippen LogP contribution in [0.2, 0.25) is 0 Å². The molecule has 122 valence electrons. The number of urea groups is 1. The first-order chi connectivity index (χ1) is 9.70. The zero-order chi connectivity index (χ0) is 16.3. The zero-order valence-corrected chi connectivity index (χ0v) is 13.1. The molecule has 0 unspecified atom stereocenters. The van der Waals surface area contributed by atoms with Crippen LogP contribution in [0.3, 0.4) is 0 Å². The summed E-state index contributed by atoms with van der Waals surface area (Å²) < 4.78 is 0. The van der Waals surface area contributed by atoms with Crippen LogP contribution >= 0.6 is 0 Å². The molecule has 0 rings (SSSR count). The molecule has 0 radical (unpaired) electrons. The number of amides is 3. The molecule has 0 spiro atoms. The van der Waals surface area contributed by atoms with Gasteiger partial charge in [-0.2, -0.15) is 0 Å². The Bertz CT molecular complexity index is 351. The number of hydrogen-bond acceptors (Lipinski definition) is 3. The molecule has 0 aromatic rings. The van der Waals surface area contributed by atoms with Crippen molar-refractivity contribution in [2.75, 3.05) is 13.1 Å². The highest BCUT2D eigenvalue weighted by molar-refractivity contribution is 5.78. The minimum Gasteiger partial charge on any atom is -0.481 e. The SMILES string of the molecule is CC(C)(C)NC(=O)CCNC(=O)NCCCCCC(=O)O. The van der Waals surface area contributed by atoms with Gasteiger partial charge in [0.25, 0.3) is 0 Å². The van der Waals surface area contributed by atoms with Crippen LogP contribution < -0.4 is 16.0 Å². The molecule has 0 fully saturated rings. The van der Waals surface area contributed by atoms with Crippen LogP contribution in [0, 0.1) is 0 Å².